The van der Waals surface area contributed by atoms with E-state index in [-0.39, 0.29) is 0 Å². The molecule has 3 rings (SSSR count). The van der Waals surface area contributed by atoms with Crippen molar-refractivity contribution in [1.29, 1.82) is 0 Å². The standard InChI is InChI=1S/C23H27N3.2C2H6/c1-4-17-7-9-18(10-8-17)15-19-11-13-20(14-12-19)16-23-25-21(5-2)24-22(6-3)26-23;2*1-2/h7-14H,4-6,15-16H2,1-3H3;2*1-2H3. The molecule has 3 heteroatoms. The van der Waals surface area contributed by atoms with Gasteiger partial charge in [-0.3, -0.25) is 0 Å². The molecule has 0 spiro atoms. The van der Waals surface area contributed by atoms with Crippen molar-refractivity contribution in [2.75, 3.05) is 0 Å². The summed E-state index contributed by atoms with van der Waals surface area (Å²) < 4.78 is 0. The van der Waals surface area contributed by atoms with Crippen LogP contribution >= 0.6 is 0 Å². The molecular formula is C27H39N3. The molecule has 0 aliphatic heterocycles. The third-order valence-corrected chi connectivity index (χ3v) is 4.63. The van der Waals surface area contributed by atoms with E-state index in [1.54, 1.807) is 0 Å². The van der Waals surface area contributed by atoms with Gasteiger partial charge in [-0.05, 0) is 35.1 Å². The van der Waals surface area contributed by atoms with Crippen LogP contribution in [-0.4, -0.2) is 15.0 Å². The van der Waals surface area contributed by atoms with Crippen molar-refractivity contribution in [3.05, 3.63) is 88.3 Å². The van der Waals surface area contributed by atoms with Crippen molar-refractivity contribution >= 4 is 0 Å². The van der Waals surface area contributed by atoms with E-state index >= 15 is 0 Å². The molecule has 0 atom stereocenters. The van der Waals surface area contributed by atoms with E-state index in [0.29, 0.717) is 0 Å². The second-order valence-corrected chi connectivity index (χ2v) is 6.63. The summed E-state index contributed by atoms with van der Waals surface area (Å²) in [5.41, 5.74) is 5.31. The molecule has 0 radical (unpaired) electrons. The Morgan fingerprint density at radius 1 is 0.433 bits per heavy atom. The zero-order valence-corrected chi connectivity index (χ0v) is 20.0. The van der Waals surface area contributed by atoms with Crippen molar-refractivity contribution in [3.8, 4) is 0 Å². The lowest BCUT2D eigenvalue weighted by Gasteiger charge is -2.07. The van der Waals surface area contributed by atoms with E-state index in [4.69, 9.17) is 0 Å². The van der Waals surface area contributed by atoms with E-state index in [9.17, 15) is 0 Å². The molecule has 1 aromatic heterocycles. The Hall–Kier alpha value is -2.55. The second-order valence-electron chi connectivity index (χ2n) is 6.63. The molecule has 0 amide bonds. The molecule has 162 valence electrons. The maximum absolute atomic E-state index is 4.58. The Kier molecular flexibility index (Phi) is 12.3. The van der Waals surface area contributed by atoms with Gasteiger partial charge in [0.05, 0.1) is 0 Å². The first kappa shape index (κ1) is 25.5. The molecule has 2 aromatic carbocycles. The van der Waals surface area contributed by atoms with Gasteiger partial charge in [-0.25, -0.2) is 15.0 Å². The van der Waals surface area contributed by atoms with Crippen LogP contribution in [-0.2, 0) is 32.1 Å². The Morgan fingerprint density at radius 2 is 0.767 bits per heavy atom. The zero-order chi connectivity index (χ0) is 22.4. The summed E-state index contributed by atoms with van der Waals surface area (Å²) >= 11 is 0. The molecule has 30 heavy (non-hydrogen) atoms. The Bertz CT molecular complexity index is 815. The van der Waals surface area contributed by atoms with Crippen LogP contribution in [0.25, 0.3) is 0 Å². The highest BCUT2D eigenvalue weighted by Gasteiger charge is 2.06. The fourth-order valence-electron chi connectivity index (χ4n) is 3.00. The van der Waals surface area contributed by atoms with Crippen LogP contribution < -0.4 is 0 Å². The fourth-order valence-corrected chi connectivity index (χ4v) is 3.00. The molecular weight excluding hydrogens is 366 g/mol. The van der Waals surface area contributed by atoms with Crippen molar-refractivity contribution in [1.82, 2.24) is 15.0 Å². The topological polar surface area (TPSA) is 38.7 Å². The van der Waals surface area contributed by atoms with Crippen molar-refractivity contribution in [2.45, 2.75) is 80.6 Å². The largest absolute Gasteiger partial charge is 0.218 e. The SMILES string of the molecule is CC.CC.CCc1ccc(Cc2ccc(Cc3nc(CC)nc(CC)n3)cc2)cc1. The molecule has 3 nitrogen and oxygen atoms in total. The van der Waals surface area contributed by atoms with Gasteiger partial charge in [-0.2, -0.15) is 0 Å². The molecule has 0 aliphatic rings. The van der Waals surface area contributed by atoms with Gasteiger partial charge in [-0.1, -0.05) is 97.0 Å². The average Bonchev–Trinajstić information content (AvgIpc) is 2.83. The number of hydrogen-bond donors (Lipinski definition) is 0. The van der Waals surface area contributed by atoms with E-state index in [2.05, 4.69) is 84.3 Å². The lowest BCUT2D eigenvalue weighted by Crippen LogP contribution is -2.07. The summed E-state index contributed by atoms with van der Waals surface area (Å²) in [6.45, 7) is 14.4. The van der Waals surface area contributed by atoms with Crippen LogP contribution in [0.4, 0.5) is 0 Å². The maximum atomic E-state index is 4.58. The van der Waals surface area contributed by atoms with Gasteiger partial charge in [0, 0.05) is 19.3 Å². The summed E-state index contributed by atoms with van der Waals surface area (Å²) in [5.74, 6) is 2.65. The van der Waals surface area contributed by atoms with Gasteiger partial charge in [0.15, 0.2) is 0 Å². The van der Waals surface area contributed by atoms with E-state index in [1.807, 2.05) is 27.7 Å². The van der Waals surface area contributed by atoms with Crippen molar-refractivity contribution < 1.29 is 0 Å². The summed E-state index contributed by atoms with van der Waals surface area (Å²) in [7, 11) is 0. The third kappa shape index (κ3) is 8.06. The first-order valence-electron chi connectivity index (χ1n) is 11.6. The number of nitrogens with zero attached hydrogens (tertiary/aromatic N) is 3. The van der Waals surface area contributed by atoms with Crippen LogP contribution in [0.5, 0.6) is 0 Å². The van der Waals surface area contributed by atoms with Crippen LogP contribution in [0.1, 0.15) is 88.2 Å². The first-order chi connectivity index (χ1) is 14.7. The van der Waals surface area contributed by atoms with Crippen LogP contribution in [0.2, 0.25) is 0 Å². The minimum Gasteiger partial charge on any atom is -0.218 e. The van der Waals surface area contributed by atoms with Crippen LogP contribution in [0, 0.1) is 0 Å². The maximum Gasteiger partial charge on any atom is 0.136 e. The minimum atomic E-state index is 0.758. The number of benzene rings is 2. The number of rotatable bonds is 7. The predicted octanol–water partition coefficient (Wildman–Crippen LogP) is 6.79. The number of aromatic nitrogens is 3. The molecule has 3 aromatic rings. The minimum absolute atomic E-state index is 0.758. The number of aryl methyl sites for hydroxylation is 3. The summed E-state index contributed by atoms with van der Waals surface area (Å²) in [6.07, 6.45) is 4.51. The Labute approximate surface area is 184 Å². The van der Waals surface area contributed by atoms with E-state index in [1.165, 1.54) is 22.3 Å². The van der Waals surface area contributed by atoms with E-state index < -0.39 is 0 Å². The third-order valence-electron chi connectivity index (χ3n) is 4.63. The lowest BCUT2D eigenvalue weighted by atomic mass is 10.0. The average molecular weight is 406 g/mol. The molecule has 1 heterocycles. The molecule has 0 bridgehead atoms. The monoisotopic (exact) mass is 405 g/mol. The van der Waals surface area contributed by atoms with Crippen LogP contribution in [0.15, 0.2) is 48.5 Å². The molecule has 0 saturated heterocycles. The molecule has 0 saturated carbocycles. The summed E-state index contributed by atoms with van der Waals surface area (Å²) in [5, 5.41) is 0. The highest BCUT2D eigenvalue weighted by atomic mass is 15.0. The first-order valence-corrected chi connectivity index (χ1v) is 11.6. The van der Waals surface area contributed by atoms with Crippen LogP contribution in [0.3, 0.4) is 0 Å². The second kappa shape index (κ2) is 14.4. The summed E-state index contributed by atoms with van der Waals surface area (Å²) in [4.78, 5) is 13.6. The van der Waals surface area contributed by atoms with Gasteiger partial charge in [0.1, 0.15) is 17.5 Å². The summed E-state index contributed by atoms with van der Waals surface area (Å²) in [6, 6.07) is 17.7. The van der Waals surface area contributed by atoms with Crippen molar-refractivity contribution in [2.24, 2.45) is 0 Å². The highest BCUT2D eigenvalue weighted by Crippen LogP contribution is 2.14. The lowest BCUT2D eigenvalue weighted by molar-refractivity contribution is 0.779. The Morgan fingerprint density at radius 3 is 1.13 bits per heavy atom. The number of hydrogen-bond acceptors (Lipinski definition) is 3. The van der Waals surface area contributed by atoms with E-state index in [0.717, 1.165) is 49.6 Å². The van der Waals surface area contributed by atoms with Gasteiger partial charge in [0.2, 0.25) is 0 Å². The smallest absolute Gasteiger partial charge is 0.136 e. The fraction of sp³-hybridized carbons (Fsp3) is 0.444. The van der Waals surface area contributed by atoms with Gasteiger partial charge in [0.25, 0.3) is 0 Å². The normalized spacial score (nSPS) is 9.83. The predicted molar refractivity (Wildman–Crippen MR) is 129 cm³/mol. The quantitative estimate of drug-likeness (QED) is 0.434. The van der Waals surface area contributed by atoms with Gasteiger partial charge >= 0.3 is 0 Å². The van der Waals surface area contributed by atoms with Gasteiger partial charge in [-0.15, -0.1) is 0 Å². The molecule has 0 unspecified atom stereocenters. The van der Waals surface area contributed by atoms with Gasteiger partial charge < -0.3 is 0 Å². The van der Waals surface area contributed by atoms with Crippen molar-refractivity contribution in [3.63, 3.8) is 0 Å². The molecule has 0 aliphatic carbocycles. The highest BCUT2D eigenvalue weighted by molar-refractivity contribution is 5.31. The molecule has 0 N–H and O–H groups in total. The Balaban J connectivity index is 0.00000106. The zero-order valence-electron chi connectivity index (χ0n) is 20.0. The molecule has 0 fully saturated rings.